The van der Waals surface area contributed by atoms with Gasteiger partial charge in [0.1, 0.15) is 0 Å². The third kappa shape index (κ3) is 10.8. The molecule has 0 aromatic heterocycles. The van der Waals surface area contributed by atoms with E-state index in [2.05, 4.69) is 0 Å². The van der Waals surface area contributed by atoms with Crippen LogP contribution in [-0.4, -0.2) is 54.4 Å². The largest absolute Gasteiger partial charge is 0.631 e. The van der Waals surface area contributed by atoms with Crippen molar-refractivity contribution in [2.75, 3.05) is 19.1 Å². The van der Waals surface area contributed by atoms with Crippen molar-refractivity contribution in [3.63, 3.8) is 0 Å². The number of carbonyl (C=O) groups is 1. The Kier molecular flexibility index (Phi) is 7.09. The monoisotopic (exact) mass is 315 g/mol. The highest BCUT2D eigenvalue weighted by Crippen LogP contribution is 2.44. The summed E-state index contributed by atoms with van der Waals surface area (Å²) in [5.74, 6) is -1.71. The Bertz CT molecular complexity index is 336. The minimum atomic E-state index is -4.88. The van der Waals surface area contributed by atoms with Crippen LogP contribution in [0.15, 0.2) is 0 Å². The Labute approximate surface area is 102 Å². The van der Waals surface area contributed by atoms with Crippen LogP contribution in [0.25, 0.3) is 0 Å². The topological polar surface area (TPSA) is 175 Å². The molecule has 0 saturated heterocycles. The number of halogens is 1. The lowest BCUT2D eigenvalue weighted by Crippen LogP contribution is -2.47. The van der Waals surface area contributed by atoms with Gasteiger partial charge >= 0.3 is 21.2 Å². The first kappa shape index (κ1) is 19.3. The molecule has 13 heteroatoms. The lowest BCUT2D eigenvalue weighted by atomic mass is 10.6. The van der Waals surface area contributed by atoms with Gasteiger partial charge in [-0.1, -0.05) is 0 Å². The van der Waals surface area contributed by atoms with Crippen LogP contribution in [0.3, 0.4) is 0 Å². The summed E-state index contributed by atoms with van der Waals surface area (Å²) in [5.41, 5.74) is 0. The molecule has 0 aliphatic carbocycles. The van der Waals surface area contributed by atoms with Gasteiger partial charge in [0.25, 0.3) is 0 Å². The molecule has 0 aromatic rings. The molecule has 0 aliphatic heterocycles. The summed E-state index contributed by atoms with van der Waals surface area (Å²) in [6, 6.07) is 0. The maximum absolute atomic E-state index is 11.5. The van der Waals surface area contributed by atoms with Gasteiger partial charge in [0.2, 0.25) is 0 Å². The number of rotatable bonds is 6. The van der Waals surface area contributed by atoms with Gasteiger partial charge in [0.15, 0.2) is 19.1 Å². The van der Waals surface area contributed by atoms with Crippen molar-refractivity contribution in [1.29, 1.82) is 0 Å². The molecule has 0 aliphatic rings. The average Bonchev–Trinajstić information content (AvgIpc) is 1.69. The molecule has 0 fully saturated rings. The zero-order valence-corrected chi connectivity index (χ0v) is 10.8. The Hall–Kier alpha value is -0.0200. The van der Waals surface area contributed by atoms with Gasteiger partial charge in [0, 0.05) is 0 Å². The van der Waals surface area contributed by atoms with Crippen LogP contribution in [0.1, 0.15) is 0 Å². The smallest absolute Gasteiger partial charge is 0.379 e. The molecule has 104 valence electrons. The van der Waals surface area contributed by atoms with Crippen molar-refractivity contribution in [2.45, 2.75) is 0 Å². The molecule has 0 aromatic carbocycles. The molecule has 5 N–H and O–H groups in total. The predicted molar refractivity (Wildman–Crippen MR) is 57.2 cm³/mol. The summed E-state index contributed by atoms with van der Waals surface area (Å²) in [5, 5.41) is 19.8. The van der Waals surface area contributed by atoms with Crippen LogP contribution in [0.4, 0.5) is 0 Å². The Morgan fingerprint density at radius 3 is 1.53 bits per heavy atom. The maximum atomic E-state index is 11.5. The first-order valence-corrected chi connectivity index (χ1v) is 7.31. The van der Waals surface area contributed by atoms with Crippen molar-refractivity contribution in [1.82, 2.24) is 0 Å². The number of nitrogens with zero attached hydrogens (tertiary/aromatic N) is 1. The summed E-state index contributed by atoms with van der Waals surface area (Å²) in [4.78, 5) is 44.3. The van der Waals surface area contributed by atoms with E-state index >= 15 is 0 Å². The highest BCUT2D eigenvalue weighted by molar-refractivity contribution is 7.52. The van der Waals surface area contributed by atoms with Crippen LogP contribution in [0, 0.1) is 5.21 Å². The van der Waals surface area contributed by atoms with Gasteiger partial charge in [-0.05, 0) is 0 Å². The van der Waals surface area contributed by atoms with E-state index in [0.29, 0.717) is 0 Å². The molecule has 0 atom stereocenters. The van der Waals surface area contributed by atoms with E-state index in [9.17, 15) is 19.1 Å². The Morgan fingerprint density at radius 2 is 1.35 bits per heavy atom. The molecule has 10 nitrogen and oxygen atoms in total. The molecule has 17 heavy (non-hydrogen) atoms. The second-order valence-electron chi connectivity index (χ2n) is 3.22. The number of aliphatic carboxylic acids is 1. The molecule has 0 radical (unpaired) electrons. The second kappa shape index (κ2) is 6.24. The summed E-state index contributed by atoms with van der Waals surface area (Å²) in [6.07, 6.45) is -2.99. The quantitative estimate of drug-likeness (QED) is 0.235. The highest BCUT2D eigenvalue weighted by atomic mass is 35.5. The predicted octanol–water partition coefficient (Wildman–Crippen LogP) is -0.922. The lowest BCUT2D eigenvalue weighted by molar-refractivity contribution is -0.851. The van der Waals surface area contributed by atoms with Crippen molar-refractivity contribution in [2.24, 2.45) is 0 Å². The summed E-state index contributed by atoms with van der Waals surface area (Å²) in [6.45, 7) is -1.34. The van der Waals surface area contributed by atoms with E-state index in [1.165, 1.54) is 0 Å². The number of hydrogen-bond acceptors (Lipinski definition) is 4. The fourth-order valence-electron chi connectivity index (χ4n) is 1.06. The first-order valence-electron chi connectivity index (χ1n) is 3.71. The number of hydrogen-bond donors (Lipinski definition) is 5. The van der Waals surface area contributed by atoms with Gasteiger partial charge in [-0.25, -0.2) is 4.79 Å². The Balaban J connectivity index is 0. The molecule has 0 spiro atoms. The molecular formula is C4H12ClNO9P2. The van der Waals surface area contributed by atoms with E-state index in [-0.39, 0.29) is 12.4 Å². The number of carboxylic acid groups (broad SMARTS) is 1. The van der Waals surface area contributed by atoms with E-state index in [0.717, 1.165) is 0 Å². The van der Waals surface area contributed by atoms with E-state index in [1.54, 1.807) is 0 Å². The summed E-state index contributed by atoms with van der Waals surface area (Å²) in [7, 11) is -9.75. The summed E-state index contributed by atoms with van der Waals surface area (Å²) >= 11 is 0. The second-order valence-corrected chi connectivity index (χ2v) is 6.45. The summed E-state index contributed by atoms with van der Waals surface area (Å²) < 4.78 is 18.9. The highest BCUT2D eigenvalue weighted by Gasteiger charge is 2.36. The molecule has 0 unspecified atom stereocenters. The zero-order chi connectivity index (χ0) is 13.2. The molecule has 0 heterocycles. The SMILES string of the molecule is Cl.O=C(O)C[N+]([O-])(CP(=O)(O)O)CP(=O)(O)O. The van der Waals surface area contributed by atoms with E-state index in [4.69, 9.17) is 24.7 Å². The molecule has 0 bridgehead atoms. The fraction of sp³-hybridized carbons (Fsp3) is 0.750. The normalized spacial score (nSPS) is 13.0. The van der Waals surface area contributed by atoms with Crippen LogP contribution < -0.4 is 0 Å². The van der Waals surface area contributed by atoms with Crippen LogP contribution in [0.2, 0.25) is 0 Å². The maximum Gasteiger partial charge on any atom is 0.379 e. The average molecular weight is 316 g/mol. The molecular weight excluding hydrogens is 303 g/mol. The van der Waals surface area contributed by atoms with Crippen LogP contribution >= 0.6 is 27.6 Å². The molecule has 0 rings (SSSR count). The van der Waals surface area contributed by atoms with Crippen LogP contribution in [0.5, 0.6) is 0 Å². The fourth-order valence-corrected chi connectivity index (χ4v) is 2.96. The van der Waals surface area contributed by atoms with Gasteiger partial charge in [-0.15, -0.1) is 12.4 Å². The number of quaternary nitrogens is 1. The third-order valence-corrected chi connectivity index (χ3v) is 3.08. The van der Waals surface area contributed by atoms with Gasteiger partial charge in [-0.2, -0.15) is 0 Å². The minimum absolute atomic E-state index is 0. The Morgan fingerprint density at radius 1 is 1.06 bits per heavy atom. The van der Waals surface area contributed by atoms with Crippen molar-refractivity contribution < 1.29 is 43.3 Å². The third-order valence-electron chi connectivity index (χ3n) is 1.31. The van der Waals surface area contributed by atoms with Crippen molar-refractivity contribution in [3.05, 3.63) is 5.21 Å². The van der Waals surface area contributed by atoms with Crippen LogP contribution in [-0.2, 0) is 13.9 Å². The van der Waals surface area contributed by atoms with Gasteiger partial charge in [-0.3, -0.25) is 9.13 Å². The van der Waals surface area contributed by atoms with Crippen molar-refractivity contribution >= 4 is 33.6 Å². The minimum Gasteiger partial charge on any atom is -0.631 e. The van der Waals surface area contributed by atoms with Gasteiger partial charge in [0.05, 0.1) is 0 Å². The molecule has 0 amide bonds. The zero-order valence-electron chi connectivity index (χ0n) is 8.24. The standard InChI is InChI=1S/C4H11NO9P2.ClH/c6-4(7)1-5(8,2-15(9,10)11)3-16(12,13)14;/h1-3H2,(H,6,7)(H2,9,10,11)(H2,12,13,14);1H. The number of carboxylic acids is 1. The number of hydroxylamine groups is 3. The first-order chi connectivity index (χ1) is 6.83. The lowest BCUT2D eigenvalue weighted by Gasteiger charge is -2.40. The van der Waals surface area contributed by atoms with Gasteiger partial charge < -0.3 is 34.5 Å². The van der Waals surface area contributed by atoms with E-state index < -0.39 is 44.9 Å². The van der Waals surface area contributed by atoms with E-state index in [1.807, 2.05) is 0 Å². The molecule has 0 saturated carbocycles. The van der Waals surface area contributed by atoms with Crippen molar-refractivity contribution in [3.8, 4) is 0 Å².